The lowest BCUT2D eigenvalue weighted by Gasteiger charge is -2.16. The highest BCUT2D eigenvalue weighted by molar-refractivity contribution is 7.15. The molecule has 0 amide bonds. The van der Waals surface area contributed by atoms with Gasteiger partial charge in [-0.25, -0.2) is 4.98 Å². The first-order valence-corrected chi connectivity index (χ1v) is 8.07. The molecule has 6 nitrogen and oxygen atoms in total. The van der Waals surface area contributed by atoms with Crippen LogP contribution in [0.25, 0.3) is 0 Å². The topological polar surface area (TPSA) is 80.7 Å². The van der Waals surface area contributed by atoms with Gasteiger partial charge in [0.25, 0.3) is 0 Å². The molecule has 118 valence electrons. The maximum atomic E-state index is 11.2. The summed E-state index contributed by atoms with van der Waals surface area (Å²) in [6.07, 6.45) is 3.45. The fourth-order valence-electron chi connectivity index (χ4n) is 2.35. The summed E-state index contributed by atoms with van der Waals surface area (Å²) in [4.78, 5) is 16.8. The molecule has 0 saturated carbocycles. The third-order valence-corrected chi connectivity index (χ3v) is 4.51. The van der Waals surface area contributed by atoms with Gasteiger partial charge in [-0.05, 0) is 25.7 Å². The van der Waals surface area contributed by atoms with Gasteiger partial charge in [0.05, 0.1) is 18.9 Å². The molecule has 1 aromatic rings. The Morgan fingerprint density at radius 3 is 3.10 bits per heavy atom. The van der Waals surface area contributed by atoms with Crippen molar-refractivity contribution in [3.63, 3.8) is 0 Å². The first kappa shape index (κ1) is 16.2. The fraction of sp³-hybridized carbons (Fsp3) is 0.714. The zero-order valence-electron chi connectivity index (χ0n) is 12.3. The average Bonchev–Trinajstić information content (AvgIpc) is 2.88. The molecule has 7 heteroatoms. The van der Waals surface area contributed by atoms with Crippen LogP contribution >= 0.6 is 11.3 Å². The number of aliphatic carboxylic acids is 1. The van der Waals surface area contributed by atoms with E-state index in [0.717, 1.165) is 41.5 Å². The molecule has 0 aromatic carbocycles. The predicted molar refractivity (Wildman–Crippen MR) is 81.2 cm³/mol. The van der Waals surface area contributed by atoms with Crippen LogP contribution in [0, 0.1) is 0 Å². The molecule has 0 radical (unpaired) electrons. The summed E-state index contributed by atoms with van der Waals surface area (Å²) < 4.78 is 10.3. The first-order chi connectivity index (χ1) is 10.2. The third kappa shape index (κ3) is 4.66. The zero-order chi connectivity index (χ0) is 15.1. The van der Waals surface area contributed by atoms with E-state index in [0.29, 0.717) is 26.2 Å². The Bertz CT molecular complexity index is 464. The van der Waals surface area contributed by atoms with Crippen molar-refractivity contribution in [1.82, 2.24) is 4.98 Å². The van der Waals surface area contributed by atoms with Crippen LogP contribution in [0.1, 0.15) is 35.8 Å². The number of hydrogen-bond donors (Lipinski definition) is 2. The SMILES string of the molecule is COCCOCCCNc1nc2c(s1)CCCC2C(=O)O. The number of fused-ring (bicyclic) bond motifs is 1. The molecule has 1 aliphatic rings. The lowest BCUT2D eigenvalue weighted by Crippen LogP contribution is -2.17. The van der Waals surface area contributed by atoms with Crippen molar-refractivity contribution in [3.05, 3.63) is 10.6 Å². The van der Waals surface area contributed by atoms with E-state index in [2.05, 4.69) is 10.3 Å². The number of anilines is 1. The van der Waals surface area contributed by atoms with Crippen molar-refractivity contribution in [2.24, 2.45) is 0 Å². The minimum absolute atomic E-state index is 0.432. The Kier molecular flexibility index (Phi) is 6.41. The molecular formula is C14H22N2O4S. The summed E-state index contributed by atoms with van der Waals surface area (Å²) in [5, 5.41) is 13.3. The van der Waals surface area contributed by atoms with Crippen molar-refractivity contribution >= 4 is 22.4 Å². The zero-order valence-corrected chi connectivity index (χ0v) is 13.1. The number of carboxylic acids is 1. The molecule has 0 spiro atoms. The highest BCUT2D eigenvalue weighted by Gasteiger charge is 2.29. The second-order valence-corrected chi connectivity index (χ2v) is 6.08. The lowest BCUT2D eigenvalue weighted by atomic mass is 9.91. The maximum Gasteiger partial charge on any atom is 0.312 e. The Hall–Kier alpha value is -1.18. The van der Waals surface area contributed by atoms with E-state index in [9.17, 15) is 9.90 Å². The van der Waals surface area contributed by atoms with Crippen molar-refractivity contribution in [2.75, 3.05) is 38.8 Å². The van der Waals surface area contributed by atoms with Crippen molar-refractivity contribution in [1.29, 1.82) is 0 Å². The highest BCUT2D eigenvalue weighted by Crippen LogP contribution is 2.36. The summed E-state index contributed by atoms with van der Waals surface area (Å²) in [5.41, 5.74) is 0.762. The molecule has 1 aliphatic carbocycles. The molecule has 0 fully saturated rings. The molecule has 1 aromatic heterocycles. The van der Waals surface area contributed by atoms with Gasteiger partial charge in [-0.15, -0.1) is 11.3 Å². The first-order valence-electron chi connectivity index (χ1n) is 7.25. The molecule has 1 heterocycles. The van der Waals surface area contributed by atoms with Gasteiger partial charge in [-0.2, -0.15) is 0 Å². The number of nitrogens with one attached hydrogen (secondary N) is 1. The molecule has 2 N–H and O–H groups in total. The quantitative estimate of drug-likeness (QED) is 0.680. The normalized spacial score (nSPS) is 17.5. The minimum Gasteiger partial charge on any atom is -0.481 e. The van der Waals surface area contributed by atoms with E-state index >= 15 is 0 Å². The lowest BCUT2D eigenvalue weighted by molar-refractivity contribution is -0.139. The number of hydrogen-bond acceptors (Lipinski definition) is 6. The second kappa shape index (κ2) is 8.31. The van der Waals surface area contributed by atoms with E-state index in [1.54, 1.807) is 18.4 Å². The van der Waals surface area contributed by atoms with Crippen LogP contribution in [0.3, 0.4) is 0 Å². The summed E-state index contributed by atoms with van der Waals surface area (Å²) in [6.45, 7) is 2.68. The number of aromatic nitrogens is 1. The van der Waals surface area contributed by atoms with Gasteiger partial charge >= 0.3 is 5.97 Å². The molecule has 2 rings (SSSR count). The van der Waals surface area contributed by atoms with Crippen molar-refractivity contribution < 1.29 is 19.4 Å². The molecule has 1 unspecified atom stereocenters. The summed E-state index contributed by atoms with van der Waals surface area (Å²) in [7, 11) is 1.65. The molecular weight excluding hydrogens is 292 g/mol. The van der Waals surface area contributed by atoms with Crippen LogP contribution in [-0.4, -0.2) is 49.5 Å². The van der Waals surface area contributed by atoms with E-state index in [4.69, 9.17) is 9.47 Å². The Balaban J connectivity index is 1.76. The molecule has 0 saturated heterocycles. The van der Waals surface area contributed by atoms with Crippen LogP contribution < -0.4 is 5.32 Å². The van der Waals surface area contributed by atoms with Gasteiger partial charge in [0, 0.05) is 25.1 Å². The van der Waals surface area contributed by atoms with E-state index in [1.807, 2.05) is 0 Å². The van der Waals surface area contributed by atoms with Gasteiger partial charge in [-0.1, -0.05) is 0 Å². The fourth-order valence-corrected chi connectivity index (χ4v) is 3.44. The molecule has 0 aliphatic heterocycles. The van der Waals surface area contributed by atoms with Crippen LogP contribution in [0.4, 0.5) is 5.13 Å². The smallest absolute Gasteiger partial charge is 0.312 e. The molecule has 21 heavy (non-hydrogen) atoms. The van der Waals surface area contributed by atoms with Gasteiger partial charge in [0.2, 0.25) is 0 Å². The molecule has 1 atom stereocenters. The number of rotatable bonds is 9. The van der Waals surface area contributed by atoms with Crippen LogP contribution in [0.2, 0.25) is 0 Å². The van der Waals surface area contributed by atoms with Crippen molar-refractivity contribution in [2.45, 2.75) is 31.6 Å². The number of thiazole rings is 1. The standard InChI is InChI=1S/C14H22N2O4S/c1-19-8-9-20-7-3-6-15-14-16-12-10(13(17)18)4-2-5-11(12)21-14/h10H,2-9H2,1H3,(H,15,16)(H,17,18). The van der Waals surface area contributed by atoms with Gasteiger partial charge < -0.3 is 19.9 Å². The maximum absolute atomic E-state index is 11.2. The number of carbonyl (C=O) groups is 1. The van der Waals surface area contributed by atoms with Gasteiger partial charge in [0.1, 0.15) is 5.92 Å². The molecule has 0 bridgehead atoms. The number of ether oxygens (including phenoxy) is 2. The number of aryl methyl sites for hydroxylation is 1. The van der Waals surface area contributed by atoms with Gasteiger partial charge in [-0.3, -0.25) is 4.79 Å². The van der Waals surface area contributed by atoms with Crippen molar-refractivity contribution in [3.8, 4) is 0 Å². The second-order valence-electron chi connectivity index (χ2n) is 5.00. The van der Waals surface area contributed by atoms with Gasteiger partial charge in [0.15, 0.2) is 5.13 Å². The average molecular weight is 314 g/mol. The van der Waals surface area contributed by atoms with E-state index < -0.39 is 11.9 Å². The number of carboxylic acid groups (broad SMARTS) is 1. The number of methoxy groups -OCH3 is 1. The van der Waals surface area contributed by atoms with E-state index in [1.165, 1.54) is 0 Å². The monoisotopic (exact) mass is 314 g/mol. The summed E-state index contributed by atoms with van der Waals surface area (Å²) in [6, 6.07) is 0. The third-order valence-electron chi connectivity index (χ3n) is 3.43. The minimum atomic E-state index is -0.764. The van der Waals surface area contributed by atoms with Crippen LogP contribution in [-0.2, 0) is 20.7 Å². The predicted octanol–water partition coefficient (Wildman–Crippen LogP) is 2.11. The van der Waals surface area contributed by atoms with Crippen LogP contribution in [0.15, 0.2) is 0 Å². The largest absolute Gasteiger partial charge is 0.481 e. The highest BCUT2D eigenvalue weighted by atomic mass is 32.1. The summed E-state index contributed by atoms with van der Waals surface area (Å²) >= 11 is 1.58. The number of nitrogens with zero attached hydrogens (tertiary/aromatic N) is 1. The Morgan fingerprint density at radius 1 is 1.48 bits per heavy atom. The summed E-state index contributed by atoms with van der Waals surface area (Å²) in [5.74, 6) is -1.20. The van der Waals surface area contributed by atoms with Crippen LogP contribution in [0.5, 0.6) is 0 Å². The Morgan fingerprint density at radius 2 is 2.33 bits per heavy atom. The van der Waals surface area contributed by atoms with E-state index in [-0.39, 0.29) is 0 Å². The Labute approximate surface area is 128 Å².